The summed E-state index contributed by atoms with van der Waals surface area (Å²) in [5, 5.41) is 8.63. The third-order valence-corrected chi connectivity index (χ3v) is 5.95. The highest BCUT2D eigenvalue weighted by Gasteiger charge is 2.47. The van der Waals surface area contributed by atoms with Crippen LogP contribution >= 0.6 is 0 Å². The van der Waals surface area contributed by atoms with Crippen LogP contribution in [-0.4, -0.2) is 35.9 Å². The molecule has 0 aliphatic heterocycles. The van der Waals surface area contributed by atoms with Gasteiger partial charge in [0.25, 0.3) is 10.0 Å². The molecule has 0 saturated heterocycles. The first-order chi connectivity index (χ1) is 9.43. The van der Waals surface area contributed by atoms with Crippen molar-refractivity contribution in [1.82, 2.24) is 4.31 Å². The van der Waals surface area contributed by atoms with Crippen LogP contribution in [0.2, 0.25) is 0 Å². The molecular formula is C13H17NO5S. The summed E-state index contributed by atoms with van der Waals surface area (Å²) in [6.07, 6.45) is 4.84. The SMILES string of the molecule is CC(C1CC1)N(C1CC1)S(=O)(=O)c1occc1C(=O)O. The zero-order valence-corrected chi connectivity index (χ0v) is 12.0. The fraction of sp³-hybridized carbons (Fsp3) is 0.615. The van der Waals surface area contributed by atoms with Gasteiger partial charge in [0.15, 0.2) is 0 Å². The van der Waals surface area contributed by atoms with Crippen LogP contribution in [0.5, 0.6) is 0 Å². The van der Waals surface area contributed by atoms with E-state index in [2.05, 4.69) is 0 Å². The Balaban J connectivity index is 1.99. The van der Waals surface area contributed by atoms with E-state index >= 15 is 0 Å². The Bertz CT molecular complexity index is 627. The summed E-state index contributed by atoms with van der Waals surface area (Å²) < 4.78 is 31.9. The first kappa shape index (κ1) is 13.6. The van der Waals surface area contributed by atoms with Gasteiger partial charge in [0.1, 0.15) is 5.56 Å². The summed E-state index contributed by atoms with van der Waals surface area (Å²) in [4.78, 5) is 11.1. The van der Waals surface area contributed by atoms with E-state index in [1.807, 2.05) is 6.92 Å². The predicted molar refractivity (Wildman–Crippen MR) is 69.9 cm³/mol. The number of sulfonamides is 1. The lowest BCUT2D eigenvalue weighted by Gasteiger charge is -2.27. The summed E-state index contributed by atoms with van der Waals surface area (Å²) in [5.74, 6) is -0.902. The number of aromatic carboxylic acids is 1. The Hall–Kier alpha value is -1.34. The average molecular weight is 299 g/mol. The number of rotatable bonds is 6. The molecule has 0 radical (unpaired) electrons. The molecule has 0 amide bonds. The molecule has 0 spiro atoms. The molecule has 7 heteroatoms. The van der Waals surface area contributed by atoms with Crippen molar-refractivity contribution in [1.29, 1.82) is 0 Å². The third kappa shape index (κ3) is 2.25. The van der Waals surface area contributed by atoms with Gasteiger partial charge in [0.05, 0.1) is 6.26 Å². The predicted octanol–water partition coefficient (Wildman–Crippen LogP) is 1.93. The summed E-state index contributed by atoms with van der Waals surface area (Å²) in [5.41, 5.74) is -0.293. The van der Waals surface area contributed by atoms with Gasteiger partial charge in [-0.3, -0.25) is 0 Å². The maximum absolute atomic E-state index is 12.7. The van der Waals surface area contributed by atoms with E-state index < -0.39 is 21.1 Å². The van der Waals surface area contributed by atoms with E-state index in [1.165, 1.54) is 10.4 Å². The normalized spacial score (nSPS) is 21.1. The van der Waals surface area contributed by atoms with E-state index in [4.69, 9.17) is 9.52 Å². The monoisotopic (exact) mass is 299 g/mol. The fourth-order valence-electron chi connectivity index (χ4n) is 2.61. The van der Waals surface area contributed by atoms with Crippen LogP contribution in [0.15, 0.2) is 21.8 Å². The second kappa shape index (κ2) is 4.60. The van der Waals surface area contributed by atoms with Crippen LogP contribution in [-0.2, 0) is 10.0 Å². The zero-order chi connectivity index (χ0) is 14.5. The smallest absolute Gasteiger partial charge is 0.340 e. The molecule has 2 fully saturated rings. The Morgan fingerprint density at radius 1 is 1.40 bits per heavy atom. The van der Waals surface area contributed by atoms with Crippen LogP contribution in [0.3, 0.4) is 0 Å². The molecular weight excluding hydrogens is 282 g/mol. The van der Waals surface area contributed by atoms with Gasteiger partial charge in [-0.1, -0.05) is 0 Å². The summed E-state index contributed by atoms with van der Waals surface area (Å²) in [6.45, 7) is 1.90. The summed E-state index contributed by atoms with van der Waals surface area (Å²) in [6, 6.07) is 1.07. The molecule has 1 aromatic heterocycles. The van der Waals surface area contributed by atoms with Gasteiger partial charge in [-0.05, 0) is 44.6 Å². The minimum Gasteiger partial charge on any atom is -0.478 e. The Labute approximate surface area is 117 Å². The largest absolute Gasteiger partial charge is 0.478 e. The molecule has 110 valence electrons. The number of carboxylic acids is 1. The van der Waals surface area contributed by atoms with E-state index in [1.54, 1.807) is 0 Å². The van der Waals surface area contributed by atoms with E-state index in [0.717, 1.165) is 31.9 Å². The zero-order valence-electron chi connectivity index (χ0n) is 11.2. The van der Waals surface area contributed by atoms with E-state index in [0.29, 0.717) is 5.92 Å². The van der Waals surface area contributed by atoms with Crippen molar-refractivity contribution in [2.75, 3.05) is 0 Å². The van der Waals surface area contributed by atoms with Crippen molar-refractivity contribution < 1.29 is 22.7 Å². The Kier molecular flexibility index (Phi) is 3.13. The lowest BCUT2D eigenvalue weighted by Crippen LogP contribution is -2.41. The minimum absolute atomic E-state index is 0.0117. The maximum Gasteiger partial charge on any atom is 0.340 e. The maximum atomic E-state index is 12.7. The van der Waals surface area contributed by atoms with Gasteiger partial charge in [0, 0.05) is 12.1 Å². The molecule has 0 aromatic carbocycles. The van der Waals surface area contributed by atoms with E-state index in [9.17, 15) is 13.2 Å². The highest BCUT2D eigenvalue weighted by molar-refractivity contribution is 7.89. The summed E-state index contributed by atoms with van der Waals surface area (Å²) >= 11 is 0. The lowest BCUT2D eigenvalue weighted by molar-refractivity contribution is 0.0689. The number of carboxylic acid groups (broad SMARTS) is 1. The third-order valence-electron chi connectivity index (χ3n) is 3.98. The topological polar surface area (TPSA) is 87.8 Å². The Morgan fingerprint density at radius 2 is 2.05 bits per heavy atom. The van der Waals surface area contributed by atoms with E-state index in [-0.39, 0.29) is 17.6 Å². The highest BCUT2D eigenvalue weighted by atomic mass is 32.2. The van der Waals surface area contributed by atoms with Crippen molar-refractivity contribution in [2.24, 2.45) is 5.92 Å². The molecule has 20 heavy (non-hydrogen) atoms. The lowest BCUT2D eigenvalue weighted by atomic mass is 10.2. The van der Waals surface area contributed by atoms with Gasteiger partial charge in [-0.25, -0.2) is 13.2 Å². The van der Waals surface area contributed by atoms with Crippen LogP contribution in [0.4, 0.5) is 0 Å². The number of hydrogen-bond donors (Lipinski definition) is 1. The first-order valence-electron chi connectivity index (χ1n) is 6.77. The van der Waals surface area contributed by atoms with Crippen molar-refractivity contribution in [3.63, 3.8) is 0 Å². The summed E-state index contributed by atoms with van der Waals surface area (Å²) in [7, 11) is -3.89. The molecule has 6 nitrogen and oxygen atoms in total. The van der Waals surface area contributed by atoms with Crippen LogP contribution in [0.25, 0.3) is 0 Å². The molecule has 1 heterocycles. The number of carbonyl (C=O) groups is 1. The molecule has 2 aliphatic carbocycles. The van der Waals surface area contributed by atoms with Crippen molar-refractivity contribution >= 4 is 16.0 Å². The van der Waals surface area contributed by atoms with Gasteiger partial charge >= 0.3 is 5.97 Å². The van der Waals surface area contributed by atoms with Crippen LogP contribution in [0, 0.1) is 5.92 Å². The highest BCUT2D eigenvalue weighted by Crippen LogP contribution is 2.42. The average Bonchev–Trinajstić information content (AvgIpc) is 3.27. The minimum atomic E-state index is -3.89. The molecule has 1 atom stereocenters. The molecule has 2 saturated carbocycles. The van der Waals surface area contributed by atoms with Gasteiger partial charge in [0.2, 0.25) is 5.09 Å². The number of nitrogens with zero attached hydrogens (tertiary/aromatic N) is 1. The first-order valence-corrected chi connectivity index (χ1v) is 8.21. The van der Waals surface area contributed by atoms with Crippen LogP contribution in [0.1, 0.15) is 43.0 Å². The quantitative estimate of drug-likeness (QED) is 0.867. The standard InChI is InChI=1S/C13H17NO5S/c1-8(9-2-3-9)14(10-4-5-10)20(17,18)13-11(12(15)16)6-7-19-13/h6-10H,2-5H2,1H3,(H,15,16). The number of hydrogen-bond acceptors (Lipinski definition) is 4. The van der Waals surface area contributed by atoms with Crippen molar-refractivity contribution in [3.05, 3.63) is 17.9 Å². The van der Waals surface area contributed by atoms with Gasteiger partial charge in [-0.2, -0.15) is 4.31 Å². The fourth-order valence-corrected chi connectivity index (χ4v) is 4.63. The molecule has 2 aliphatic rings. The second-order valence-electron chi connectivity index (χ2n) is 5.57. The Morgan fingerprint density at radius 3 is 2.55 bits per heavy atom. The molecule has 3 rings (SSSR count). The van der Waals surface area contributed by atoms with Crippen molar-refractivity contribution in [2.45, 2.75) is 49.8 Å². The second-order valence-corrected chi connectivity index (χ2v) is 7.31. The number of furan rings is 1. The van der Waals surface area contributed by atoms with Gasteiger partial charge in [-0.15, -0.1) is 0 Å². The molecule has 1 unspecified atom stereocenters. The van der Waals surface area contributed by atoms with Crippen LogP contribution < -0.4 is 0 Å². The van der Waals surface area contributed by atoms with Gasteiger partial charge < -0.3 is 9.52 Å². The van der Waals surface area contributed by atoms with Crippen molar-refractivity contribution in [3.8, 4) is 0 Å². The molecule has 0 bridgehead atoms. The molecule has 1 N–H and O–H groups in total. The molecule has 1 aromatic rings.